The molecule has 0 saturated carbocycles. The lowest BCUT2D eigenvalue weighted by Crippen LogP contribution is -2.44. The molecule has 0 bridgehead atoms. The topological polar surface area (TPSA) is 42.4 Å². The Labute approximate surface area is 140 Å². The van der Waals surface area contributed by atoms with Gasteiger partial charge in [-0.25, -0.2) is 0 Å². The van der Waals surface area contributed by atoms with Gasteiger partial charge < -0.3 is 9.64 Å². The van der Waals surface area contributed by atoms with Gasteiger partial charge in [0.2, 0.25) is 5.91 Å². The maximum atomic E-state index is 13.6. The molecule has 8 heteroatoms. The highest BCUT2D eigenvalue weighted by Gasteiger charge is 2.55. The molecule has 0 N–H and O–H groups in total. The first kappa shape index (κ1) is 16.7. The van der Waals surface area contributed by atoms with Crippen molar-refractivity contribution in [1.82, 2.24) is 9.88 Å². The zero-order valence-electron chi connectivity index (χ0n) is 12.3. The second kappa shape index (κ2) is 6.05. The Morgan fingerprint density at radius 3 is 2.52 bits per heavy atom. The lowest BCUT2D eigenvalue weighted by molar-refractivity contribution is -0.192. The Bertz CT molecular complexity index is 585. The Morgan fingerprint density at radius 1 is 1.26 bits per heavy atom. The lowest BCUT2D eigenvalue weighted by Gasteiger charge is -2.34. The van der Waals surface area contributed by atoms with Gasteiger partial charge in [0, 0.05) is 30.4 Å². The van der Waals surface area contributed by atoms with E-state index < -0.39 is 23.5 Å². The van der Waals surface area contributed by atoms with Crippen molar-refractivity contribution >= 4 is 21.8 Å². The van der Waals surface area contributed by atoms with Crippen LogP contribution in [0.1, 0.15) is 31.0 Å². The minimum absolute atomic E-state index is 0.0980. The third-order valence-electron chi connectivity index (χ3n) is 4.65. The average molecular weight is 393 g/mol. The van der Waals surface area contributed by atoms with Crippen molar-refractivity contribution in [2.24, 2.45) is 5.41 Å². The van der Waals surface area contributed by atoms with Crippen LogP contribution in [0.3, 0.4) is 0 Å². The van der Waals surface area contributed by atoms with Crippen molar-refractivity contribution in [1.29, 1.82) is 0 Å². The van der Waals surface area contributed by atoms with E-state index >= 15 is 0 Å². The van der Waals surface area contributed by atoms with Crippen LogP contribution in [0.25, 0.3) is 0 Å². The molecule has 0 radical (unpaired) electrons. The van der Waals surface area contributed by atoms with Crippen LogP contribution in [-0.2, 0) is 9.53 Å². The predicted octanol–water partition coefficient (Wildman–Crippen LogP) is 3.48. The molecule has 2 fully saturated rings. The highest BCUT2D eigenvalue weighted by atomic mass is 79.9. The van der Waals surface area contributed by atoms with Crippen molar-refractivity contribution in [3.63, 3.8) is 0 Å². The maximum absolute atomic E-state index is 13.6. The normalized spacial score (nSPS) is 22.6. The van der Waals surface area contributed by atoms with E-state index in [2.05, 4.69) is 20.9 Å². The van der Waals surface area contributed by atoms with Gasteiger partial charge in [-0.05, 0) is 47.3 Å². The van der Waals surface area contributed by atoms with E-state index in [1.165, 1.54) is 18.3 Å². The smallest absolute Gasteiger partial charge is 0.381 e. The third kappa shape index (κ3) is 3.10. The van der Waals surface area contributed by atoms with E-state index in [1.807, 2.05) is 0 Å². The van der Waals surface area contributed by atoms with E-state index in [1.54, 1.807) is 0 Å². The van der Waals surface area contributed by atoms with E-state index in [0.717, 1.165) is 4.90 Å². The summed E-state index contributed by atoms with van der Waals surface area (Å²) in [5.41, 5.74) is -0.852. The van der Waals surface area contributed by atoms with Crippen LogP contribution in [0.5, 0.6) is 0 Å². The van der Waals surface area contributed by atoms with Crippen LogP contribution in [0.15, 0.2) is 22.8 Å². The molecule has 0 aliphatic carbocycles. The van der Waals surface area contributed by atoms with Gasteiger partial charge in [-0.15, -0.1) is 0 Å². The molecule has 1 atom stereocenters. The molecule has 2 aliphatic heterocycles. The van der Waals surface area contributed by atoms with Gasteiger partial charge in [0.15, 0.2) is 6.04 Å². The minimum Gasteiger partial charge on any atom is -0.381 e. The largest absolute Gasteiger partial charge is 0.414 e. The summed E-state index contributed by atoms with van der Waals surface area (Å²) in [4.78, 5) is 17.6. The summed E-state index contributed by atoms with van der Waals surface area (Å²) in [6.45, 7) is 0.945. The van der Waals surface area contributed by atoms with Crippen molar-refractivity contribution in [3.05, 3.63) is 28.5 Å². The van der Waals surface area contributed by atoms with Crippen LogP contribution in [0, 0.1) is 5.41 Å². The number of alkyl halides is 3. The Morgan fingerprint density at radius 2 is 1.96 bits per heavy atom. The fraction of sp³-hybridized carbons (Fsp3) is 0.600. The summed E-state index contributed by atoms with van der Waals surface area (Å²) in [5, 5.41) is 0. The number of carbonyl (C=O) groups is 1. The average Bonchev–Trinajstić information content (AvgIpc) is 2.79. The van der Waals surface area contributed by atoms with Gasteiger partial charge in [-0.3, -0.25) is 9.78 Å². The number of aromatic nitrogens is 1. The highest BCUT2D eigenvalue weighted by Crippen LogP contribution is 2.47. The second-order valence-corrected chi connectivity index (χ2v) is 6.90. The molecular weight excluding hydrogens is 377 g/mol. The fourth-order valence-corrected chi connectivity index (χ4v) is 3.61. The number of hydrogen-bond donors (Lipinski definition) is 0. The summed E-state index contributed by atoms with van der Waals surface area (Å²) in [7, 11) is 0. The molecule has 1 amide bonds. The summed E-state index contributed by atoms with van der Waals surface area (Å²) >= 11 is 3.16. The molecule has 1 unspecified atom stereocenters. The molecule has 3 heterocycles. The van der Waals surface area contributed by atoms with Crippen molar-refractivity contribution in [2.75, 3.05) is 19.8 Å². The molecule has 4 nitrogen and oxygen atoms in total. The molecule has 1 aromatic rings. The molecule has 126 valence electrons. The summed E-state index contributed by atoms with van der Waals surface area (Å²) < 4.78 is 46.7. The summed E-state index contributed by atoms with van der Waals surface area (Å²) in [6, 6.07) is 0.821. The third-order valence-corrected chi connectivity index (χ3v) is 5.12. The zero-order valence-corrected chi connectivity index (χ0v) is 13.9. The molecule has 3 rings (SSSR count). The Balaban J connectivity index is 1.92. The summed E-state index contributed by atoms with van der Waals surface area (Å²) in [6.07, 6.45) is -1.83. The van der Waals surface area contributed by atoms with Crippen molar-refractivity contribution < 1.29 is 22.7 Å². The Hall–Kier alpha value is -1.15. The van der Waals surface area contributed by atoms with Crippen LogP contribution in [0.2, 0.25) is 0 Å². The number of rotatable bonds is 2. The van der Waals surface area contributed by atoms with Crippen molar-refractivity contribution in [2.45, 2.75) is 31.5 Å². The van der Waals surface area contributed by atoms with Crippen LogP contribution >= 0.6 is 15.9 Å². The van der Waals surface area contributed by atoms with Crippen LogP contribution < -0.4 is 0 Å². The number of hydrogen-bond acceptors (Lipinski definition) is 3. The number of halogens is 4. The van der Waals surface area contributed by atoms with Gasteiger partial charge in [0.25, 0.3) is 0 Å². The first-order chi connectivity index (χ1) is 10.8. The Kier molecular flexibility index (Phi) is 4.39. The monoisotopic (exact) mass is 392 g/mol. The molecule has 2 aliphatic rings. The van der Waals surface area contributed by atoms with E-state index in [-0.39, 0.29) is 12.2 Å². The molecule has 2 saturated heterocycles. The van der Waals surface area contributed by atoms with Crippen molar-refractivity contribution in [3.8, 4) is 0 Å². The van der Waals surface area contributed by atoms with Gasteiger partial charge in [-0.1, -0.05) is 0 Å². The SMILES string of the molecule is O=C1N(C(c2ccc(Br)cn2)C(F)(F)F)CCC12CCOCC2. The van der Waals surface area contributed by atoms with Gasteiger partial charge in [-0.2, -0.15) is 13.2 Å². The number of likely N-dealkylation sites (tertiary alicyclic amines) is 1. The van der Waals surface area contributed by atoms with Crippen LogP contribution in [0.4, 0.5) is 13.2 Å². The van der Waals surface area contributed by atoms with E-state index in [9.17, 15) is 18.0 Å². The number of pyridine rings is 1. The molecule has 1 aromatic heterocycles. The predicted molar refractivity (Wildman–Crippen MR) is 79.5 cm³/mol. The number of nitrogens with zero attached hydrogens (tertiary/aromatic N) is 2. The van der Waals surface area contributed by atoms with E-state index in [0.29, 0.717) is 36.9 Å². The molecule has 1 spiro atoms. The zero-order chi connectivity index (χ0) is 16.7. The standard InChI is InChI=1S/C15H16BrF3N2O2/c16-10-1-2-11(20-9-10)12(15(17,18)19)21-6-3-14(13(21)22)4-7-23-8-5-14/h1-2,9,12H,3-8H2. The maximum Gasteiger partial charge on any atom is 0.414 e. The number of carbonyl (C=O) groups excluding carboxylic acids is 1. The first-order valence-corrected chi connectivity index (χ1v) is 8.20. The van der Waals surface area contributed by atoms with Gasteiger partial charge >= 0.3 is 6.18 Å². The summed E-state index contributed by atoms with van der Waals surface area (Å²) in [5.74, 6) is -0.423. The lowest BCUT2D eigenvalue weighted by atomic mass is 9.79. The van der Waals surface area contributed by atoms with Gasteiger partial charge in [0.05, 0.1) is 11.1 Å². The molecule has 23 heavy (non-hydrogen) atoms. The second-order valence-electron chi connectivity index (χ2n) is 5.99. The fourth-order valence-electron chi connectivity index (χ4n) is 3.37. The first-order valence-electron chi connectivity index (χ1n) is 7.40. The highest BCUT2D eigenvalue weighted by molar-refractivity contribution is 9.10. The molecular formula is C15H16BrF3N2O2. The van der Waals surface area contributed by atoms with Gasteiger partial charge in [0.1, 0.15) is 0 Å². The number of ether oxygens (including phenoxy) is 1. The van der Waals surface area contributed by atoms with Crippen LogP contribution in [-0.4, -0.2) is 41.7 Å². The molecule has 0 aromatic carbocycles. The van der Waals surface area contributed by atoms with E-state index in [4.69, 9.17) is 4.74 Å². The number of amides is 1. The minimum atomic E-state index is -4.56. The quantitative estimate of drug-likeness (QED) is 0.773.